The smallest absolute Gasteiger partial charge is 0.159 e. The molecular weight excluding hydrogens is 148 g/mol. The highest BCUT2D eigenvalue weighted by atomic mass is 16.1. The molecule has 1 unspecified atom stereocenters. The second-order valence-electron chi connectivity index (χ2n) is 4.82. The third-order valence-corrected chi connectivity index (χ3v) is 3.37. The Balaban J connectivity index is 2.45. The Bertz CT molecular complexity index is 271. The fraction of sp³-hybridized carbons (Fsp3) is 0.727. The summed E-state index contributed by atoms with van der Waals surface area (Å²) in [6.45, 7) is 6.58. The van der Waals surface area contributed by atoms with E-state index in [2.05, 4.69) is 20.8 Å². The monoisotopic (exact) mass is 164 g/mol. The summed E-state index contributed by atoms with van der Waals surface area (Å²) in [4.78, 5) is 11.6. The lowest BCUT2D eigenvalue weighted by Crippen LogP contribution is -2.12. The van der Waals surface area contributed by atoms with Gasteiger partial charge in [-0.05, 0) is 29.7 Å². The topological polar surface area (TPSA) is 17.1 Å². The van der Waals surface area contributed by atoms with Crippen molar-refractivity contribution in [1.82, 2.24) is 0 Å². The molecule has 1 heteroatoms. The van der Waals surface area contributed by atoms with Crippen molar-refractivity contribution < 1.29 is 4.79 Å². The van der Waals surface area contributed by atoms with Gasteiger partial charge in [0.1, 0.15) is 0 Å². The van der Waals surface area contributed by atoms with Crippen molar-refractivity contribution in [2.24, 2.45) is 11.3 Å². The molecule has 2 aliphatic rings. The molecule has 0 spiro atoms. The molecule has 66 valence electrons. The van der Waals surface area contributed by atoms with E-state index in [0.717, 1.165) is 12.8 Å². The van der Waals surface area contributed by atoms with Crippen molar-refractivity contribution in [3.05, 3.63) is 11.1 Å². The predicted molar refractivity (Wildman–Crippen MR) is 48.8 cm³/mol. The van der Waals surface area contributed by atoms with Gasteiger partial charge in [-0.2, -0.15) is 0 Å². The van der Waals surface area contributed by atoms with Gasteiger partial charge in [-0.25, -0.2) is 0 Å². The molecule has 0 aromatic carbocycles. The molecule has 2 rings (SSSR count). The van der Waals surface area contributed by atoms with Crippen molar-refractivity contribution in [2.75, 3.05) is 0 Å². The molecular formula is C11H16O. The van der Waals surface area contributed by atoms with Gasteiger partial charge in [0.2, 0.25) is 0 Å². The quantitative estimate of drug-likeness (QED) is 0.538. The molecule has 0 amide bonds. The van der Waals surface area contributed by atoms with Gasteiger partial charge in [0, 0.05) is 6.42 Å². The third-order valence-electron chi connectivity index (χ3n) is 3.37. The molecule has 2 aliphatic carbocycles. The van der Waals surface area contributed by atoms with Crippen LogP contribution < -0.4 is 0 Å². The highest BCUT2D eigenvalue weighted by Crippen LogP contribution is 2.50. The molecule has 0 aromatic heterocycles. The lowest BCUT2D eigenvalue weighted by atomic mass is 9.84. The Kier molecular flexibility index (Phi) is 1.48. The van der Waals surface area contributed by atoms with E-state index in [1.54, 1.807) is 0 Å². The summed E-state index contributed by atoms with van der Waals surface area (Å²) in [5.74, 6) is 0.953. The Morgan fingerprint density at radius 3 is 2.67 bits per heavy atom. The zero-order chi connectivity index (χ0) is 8.93. The Hall–Kier alpha value is -0.590. The van der Waals surface area contributed by atoms with Crippen LogP contribution in [0.4, 0.5) is 0 Å². The van der Waals surface area contributed by atoms with E-state index < -0.39 is 0 Å². The van der Waals surface area contributed by atoms with Crippen molar-refractivity contribution in [3.63, 3.8) is 0 Å². The van der Waals surface area contributed by atoms with Gasteiger partial charge in [0.25, 0.3) is 0 Å². The summed E-state index contributed by atoms with van der Waals surface area (Å²) in [7, 11) is 0. The first-order chi connectivity index (χ1) is 5.52. The zero-order valence-electron chi connectivity index (χ0n) is 8.11. The van der Waals surface area contributed by atoms with Crippen LogP contribution >= 0.6 is 0 Å². The largest absolute Gasteiger partial charge is 0.295 e. The van der Waals surface area contributed by atoms with Gasteiger partial charge in [-0.3, -0.25) is 4.79 Å². The maximum atomic E-state index is 11.6. The normalized spacial score (nSPS) is 32.9. The van der Waals surface area contributed by atoms with E-state index in [9.17, 15) is 4.79 Å². The van der Waals surface area contributed by atoms with E-state index in [4.69, 9.17) is 0 Å². The van der Waals surface area contributed by atoms with E-state index in [0.29, 0.717) is 11.7 Å². The highest BCUT2D eigenvalue weighted by Gasteiger charge is 2.42. The van der Waals surface area contributed by atoms with Gasteiger partial charge < -0.3 is 0 Å². The minimum Gasteiger partial charge on any atom is -0.295 e. The van der Waals surface area contributed by atoms with Gasteiger partial charge in [0.15, 0.2) is 5.78 Å². The van der Waals surface area contributed by atoms with Crippen LogP contribution in [-0.4, -0.2) is 5.78 Å². The summed E-state index contributed by atoms with van der Waals surface area (Å²) in [6, 6.07) is 0. The van der Waals surface area contributed by atoms with Crippen LogP contribution in [0.15, 0.2) is 11.1 Å². The van der Waals surface area contributed by atoms with E-state index in [-0.39, 0.29) is 5.41 Å². The van der Waals surface area contributed by atoms with Gasteiger partial charge in [0.05, 0.1) is 0 Å². The number of hydrogen-bond donors (Lipinski definition) is 0. The summed E-state index contributed by atoms with van der Waals surface area (Å²) < 4.78 is 0. The molecule has 1 nitrogen and oxygen atoms in total. The van der Waals surface area contributed by atoms with Crippen LogP contribution in [0.3, 0.4) is 0 Å². The molecule has 0 fully saturated rings. The maximum absolute atomic E-state index is 11.6. The summed E-state index contributed by atoms with van der Waals surface area (Å²) >= 11 is 0. The van der Waals surface area contributed by atoms with Crippen LogP contribution in [0.1, 0.15) is 40.0 Å². The van der Waals surface area contributed by atoms with E-state index >= 15 is 0 Å². The lowest BCUT2D eigenvalue weighted by Gasteiger charge is -2.19. The van der Waals surface area contributed by atoms with Crippen molar-refractivity contribution in [2.45, 2.75) is 40.0 Å². The first-order valence-electron chi connectivity index (χ1n) is 4.79. The lowest BCUT2D eigenvalue weighted by molar-refractivity contribution is -0.116. The van der Waals surface area contributed by atoms with Crippen molar-refractivity contribution >= 4 is 5.78 Å². The standard InChI is InChI=1S/C11H16O/c1-7-4-5-8-10(7)9(12)6-11(8,2)3/h7H,4-6H2,1-3H3. The molecule has 0 aromatic rings. The van der Waals surface area contributed by atoms with Gasteiger partial charge in [-0.15, -0.1) is 0 Å². The summed E-state index contributed by atoms with van der Waals surface area (Å²) in [5, 5.41) is 0. The van der Waals surface area contributed by atoms with Crippen molar-refractivity contribution in [1.29, 1.82) is 0 Å². The van der Waals surface area contributed by atoms with Crippen LogP contribution in [-0.2, 0) is 4.79 Å². The molecule has 0 saturated carbocycles. The second-order valence-corrected chi connectivity index (χ2v) is 4.82. The maximum Gasteiger partial charge on any atom is 0.159 e. The molecule has 0 heterocycles. The van der Waals surface area contributed by atoms with E-state index in [1.165, 1.54) is 17.6 Å². The Labute approximate surface area is 73.8 Å². The average Bonchev–Trinajstić information content (AvgIpc) is 2.38. The summed E-state index contributed by atoms with van der Waals surface area (Å²) in [5.41, 5.74) is 2.82. The first kappa shape index (κ1) is 8.03. The fourth-order valence-electron chi connectivity index (χ4n) is 2.69. The minimum atomic E-state index is 0.178. The first-order valence-corrected chi connectivity index (χ1v) is 4.79. The summed E-state index contributed by atoms with van der Waals surface area (Å²) in [6.07, 6.45) is 3.11. The molecule has 0 N–H and O–H groups in total. The number of carbonyl (C=O) groups is 1. The molecule has 12 heavy (non-hydrogen) atoms. The number of ketones is 1. The van der Waals surface area contributed by atoms with Crippen molar-refractivity contribution in [3.8, 4) is 0 Å². The Morgan fingerprint density at radius 1 is 1.42 bits per heavy atom. The molecule has 0 radical (unpaired) electrons. The Morgan fingerprint density at radius 2 is 2.08 bits per heavy atom. The number of allylic oxidation sites excluding steroid dienone is 2. The predicted octanol–water partition coefficient (Wildman–Crippen LogP) is 2.71. The van der Waals surface area contributed by atoms with Gasteiger partial charge in [-0.1, -0.05) is 26.3 Å². The van der Waals surface area contributed by atoms with Crippen LogP contribution in [0.25, 0.3) is 0 Å². The SMILES string of the molecule is CC1CCC2=C1C(=O)CC2(C)C. The van der Waals surface area contributed by atoms with E-state index in [1.807, 2.05) is 0 Å². The number of Topliss-reactive ketones (excluding diaryl/α,β-unsaturated/α-hetero) is 1. The molecule has 0 aliphatic heterocycles. The van der Waals surface area contributed by atoms with Crippen LogP contribution in [0.2, 0.25) is 0 Å². The zero-order valence-corrected chi connectivity index (χ0v) is 8.11. The third kappa shape index (κ3) is 0.886. The fourth-order valence-corrected chi connectivity index (χ4v) is 2.69. The number of carbonyl (C=O) groups excluding carboxylic acids is 1. The van der Waals surface area contributed by atoms with Gasteiger partial charge >= 0.3 is 0 Å². The molecule has 1 atom stereocenters. The van der Waals surface area contributed by atoms with Crippen LogP contribution in [0.5, 0.6) is 0 Å². The highest BCUT2D eigenvalue weighted by molar-refractivity contribution is 6.00. The molecule has 0 saturated heterocycles. The number of rotatable bonds is 0. The number of hydrogen-bond acceptors (Lipinski definition) is 1. The van der Waals surface area contributed by atoms with Crippen LogP contribution in [0, 0.1) is 11.3 Å². The minimum absolute atomic E-state index is 0.178. The second kappa shape index (κ2) is 2.21. The average molecular weight is 164 g/mol. The molecule has 0 bridgehead atoms.